The predicted octanol–water partition coefficient (Wildman–Crippen LogP) is 5.58. The molecule has 0 amide bonds. The fraction of sp³-hybridized carbons (Fsp3) is 0.684. The maximum atomic E-state index is 3.63. The number of nitrogens with one attached hydrogen (secondary N) is 1. The zero-order valence-corrected chi connectivity index (χ0v) is 13.3. The number of hydrogen-bond acceptors (Lipinski definition) is 1. The molecule has 0 radical (unpaired) electrons. The van der Waals surface area contributed by atoms with Crippen molar-refractivity contribution in [3.05, 3.63) is 35.4 Å². The van der Waals surface area contributed by atoms with E-state index < -0.39 is 0 Å². The van der Waals surface area contributed by atoms with Crippen LogP contribution < -0.4 is 5.32 Å². The lowest BCUT2D eigenvalue weighted by Gasteiger charge is -2.23. The number of hydrogen-bond donors (Lipinski definition) is 1. The van der Waals surface area contributed by atoms with Crippen molar-refractivity contribution in [2.24, 2.45) is 0 Å². The molecule has 0 spiro atoms. The molecule has 1 aromatic carbocycles. The minimum Gasteiger partial charge on any atom is -0.310 e. The van der Waals surface area contributed by atoms with E-state index in [0.29, 0.717) is 6.04 Å². The van der Waals surface area contributed by atoms with Crippen molar-refractivity contribution in [2.75, 3.05) is 6.54 Å². The molecule has 1 saturated carbocycles. The van der Waals surface area contributed by atoms with Crippen LogP contribution in [0.25, 0.3) is 0 Å². The van der Waals surface area contributed by atoms with Crippen molar-refractivity contribution in [1.29, 1.82) is 0 Å². The van der Waals surface area contributed by atoms with Crippen molar-refractivity contribution < 1.29 is 0 Å². The van der Waals surface area contributed by atoms with E-state index >= 15 is 0 Å². The van der Waals surface area contributed by atoms with Crippen LogP contribution in [-0.2, 0) is 0 Å². The Hall–Kier alpha value is -0.820. The second-order valence-electron chi connectivity index (χ2n) is 6.25. The smallest absolute Gasteiger partial charge is 0.0320 e. The standard InChI is InChI=1S/C19H31N/c1-3-5-11-19(20-4-2)18-14-12-17(13-15-18)16-9-7-6-8-10-16/h12-16,19-20H,3-11H2,1-2H3. The van der Waals surface area contributed by atoms with Crippen molar-refractivity contribution in [3.8, 4) is 0 Å². The van der Waals surface area contributed by atoms with Gasteiger partial charge in [-0.3, -0.25) is 0 Å². The van der Waals surface area contributed by atoms with Gasteiger partial charge in [-0.15, -0.1) is 0 Å². The molecule has 0 aromatic heterocycles. The second kappa shape index (κ2) is 8.46. The van der Waals surface area contributed by atoms with Gasteiger partial charge >= 0.3 is 0 Å². The van der Waals surface area contributed by atoms with E-state index in [0.717, 1.165) is 12.5 Å². The summed E-state index contributed by atoms with van der Waals surface area (Å²) in [6.45, 7) is 5.53. The minimum atomic E-state index is 0.542. The van der Waals surface area contributed by atoms with Crippen LogP contribution in [0.4, 0.5) is 0 Å². The molecule has 1 fully saturated rings. The summed E-state index contributed by atoms with van der Waals surface area (Å²) in [5.74, 6) is 0.825. The van der Waals surface area contributed by atoms with Gasteiger partial charge in [-0.25, -0.2) is 0 Å². The first kappa shape index (κ1) is 15.6. The average Bonchev–Trinajstić information content (AvgIpc) is 2.52. The van der Waals surface area contributed by atoms with Crippen LogP contribution in [0.1, 0.15) is 88.3 Å². The maximum absolute atomic E-state index is 3.63. The summed E-state index contributed by atoms with van der Waals surface area (Å²) >= 11 is 0. The predicted molar refractivity (Wildman–Crippen MR) is 88.2 cm³/mol. The van der Waals surface area contributed by atoms with Gasteiger partial charge in [0.15, 0.2) is 0 Å². The Morgan fingerprint density at radius 3 is 2.35 bits per heavy atom. The topological polar surface area (TPSA) is 12.0 Å². The molecule has 0 aliphatic heterocycles. The fourth-order valence-corrected chi connectivity index (χ4v) is 3.48. The molecule has 1 aliphatic rings. The van der Waals surface area contributed by atoms with E-state index in [9.17, 15) is 0 Å². The van der Waals surface area contributed by atoms with Crippen LogP contribution in [-0.4, -0.2) is 6.54 Å². The third kappa shape index (κ3) is 4.34. The minimum absolute atomic E-state index is 0.542. The lowest BCUT2D eigenvalue weighted by Crippen LogP contribution is -2.20. The first-order valence-corrected chi connectivity index (χ1v) is 8.68. The average molecular weight is 273 g/mol. The van der Waals surface area contributed by atoms with Gasteiger partial charge in [0.25, 0.3) is 0 Å². The molecule has 2 rings (SSSR count). The number of unbranched alkanes of at least 4 members (excludes halogenated alkanes) is 1. The van der Waals surface area contributed by atoms with E-state index in [4.69, 9.17) is 0 Å². The Balaban J connectivity index is 2.00. The normalized spacial score (nSPS) is 18.1. The lowest BCUT2D eigenvalue weighted by molar-refractivity contribution is 0.443. The molecule has 1 aliphatic carbocycles. The van der Waals surface area contributed by atoms with Gasteiger partial charge in [0.1, 0.15) is 0 Å². The van der Waals surface area contributed by atoms with Crippen molar-refractivity contribution >= 4 is 0 Å². The van der Waals surface area contributed by atoms with Crippen molar-refractivity contribution in [2.45, 2.75) is 77.2 Å². The Morgan fingerprint density at radius 2 is 1.75 bits per heavy atom. The summed E-state index contributed by atoms with van der Waals surface area (Å²) in [6.07, 6.45) is 10.9. The molecule has 0 heterocycles. The highest BCUT2D eigenvalue weighted by molar-refractivity contribution is 5.27. The van der Waals surface area contributed by atoms with E-state index in [1.807, 2.05) is 0 Å². The molecule has 1 atom stereocenters. The van der Waals surface area contributed by atoms with E-state index in [1.165, 1.54) is 56.9 Å². The highest BCUT2D eigenvalue weighted by Gasteiger charge is 2.16. The van der Waals surface area contributed by atoms with Gasteiger partial charge in [0.05, 0.1) is 0 Å². The number of rotatable bonds is 7. The molecular weight excluding hydrogens is 242 g/mol. The van der Waals surface area contributed by atoms with E-state index in [1.54, 1.807) is 5.56 Å². The van der Waals surface area contributed by atoms with Crippen LogP contribution in [0, 0.1) is 0 Å². The third-order valence-electron chi connectivity index (χ3n) is 4.71. The summed E-state index contributed by atoms with van der Waals surface area (Å²) in [6, 6.07) is 10.1. The Kier molecular flexibility index (Phi) is 6.59. The largest absolute Gasteiger partial charge is 0.310 e. The van der Waals surface area contributed by atoms with Crippen LogP contribution in [0.2, 0.25) is 0 Å². The Labute approximate surface area is 125 Å². The molecular formula is C19H31N. The monoisotopic (exact) mass is 273 g/mol. The molecule has 1 N–H and O–H groups in total. The lowest BCUT2D eigenvalue weighted by atomic mass is 9.83. The van der Waals surface area contributed by atoms with Crippen molar-refractivity contribution in [3.63, 3.8) is 0 Å². The van der Waals surface area contributed by atoms with E-state index in [-0.39, 0.29) is 0 Å². The fourth-order valence-electron chi connectivity index (χ4n) is 3.48. The van der Waals surface area contributed by atoms with Crippen LogP contribution in [0.5, 0.6) is 0 Å². The van der Waals surface area contributed by atoms with Crippen LogP contribution >= 0.6 is 0 Å². The van der Waals surface area contributed by atoms with Crippen molar-refractivity contribution in [1.82, 2.24) is 5.32 Å². The molecule has 0 bridgehead atoms. The molecule has 1 nitrogen and oxygen atoms in total. The van der Waals surface area contributed by atoms with Crippen LogP contribution in [0.3, 0.4) is 0 Å². The zero-order chi connectivity index (χ0) is 14.2. The maximum Gasteiger partial charge on any atom is 0.0320 e. The summed E-state index contributed by atoms with van der Waals surface area (Å²) < 4.78 is 0. The second-order valence-corrected chi connectivity index (χ2v) is 6.25. The molecule has 20 heavy (non-hydrogen) atoms. The molecule has 0 saturated heterocycles. The number of benzene rings is 1. The molecule has 112 valence electrons. The highest BCUT2D eigenvalue weighted by atomic mass is 14.9. The summed E-state index contributed by atoms with van der Waals surface area (Å²) in [5.41, 5.74) is 3.04. The highest BCUT2D eigenvalue weighted by Crippen LogP contribution is 2.33. The van der Waals surface area contributed by atoms with Gasteiger partial charge in [0.2, 0.25) is 0 Å². The van der Waals surface area contributed by atoms with Gasteiger partial charge in [0, 0.05) is 6.04 Å². The SMILES string of the molecule is CCCCC(NCC)c1ccc(C2CCCCC2)cc1. The van der Waals surface area contributed by atoms with Gasteiger partial charge in [-0.2, -0.15) is 0 Å². The Morgan fingerprint density at radius 1 is 1.05 bits per heavy atom. The third-order valence-corrected chi connectivity index (χ3v) is 4.71. The molecule has 1 heteroatoms. The first-order valence-electron chi connectivity index (χ1n) is 8.68. The summed E-state index contributed by atoms with van der Waals surface area (Å²) in [5, 5.41) is 3.63. The first-order chi connectivity index (χ1) is 9.85. The van der Waals surface area contributed by atoms with Gasteiger partial charge < -0.3 is 5.32 Å². The summed E-state index contributed by atoms with van der Waals surface area (Å²) in [4.78, 5) is 0. The zero-order valence-electron chi connectivity index (χ0n) is 13.3. The molecule has 1 aromatic rings. The van der Waals surface area contributed by atoms with Gasteiger partial charge in [-0.05, 0) is 42.9 Å². The van der Waals surface area contributed by atoms with Crippen LogP contribution in [0.15, 0.2) is 24.3 Å². The summed E-state index contributed by atoms with van der Waals surface area (Å²) in [7, 11) is 0. The quantitative estimate of drug-likeness (QED) is 0.684. The van der Waals surface area contributed by atoms with E-state index in [2.05, 4.69) is 43.4 Å². The van der Waals surface area contributed by atoms with Gasteiger partial charge in [-0.1, -0.05) is 70.2 Å². The molecule has 1 unspecified atom stereocenters. The Bertz CT molecular complexity index is 362.